The Bertz CT molecular complexity index is 836. The number of pyridine rings is 1. The van der Waals surface area contributed by atoms with E-state index in [9.17, 15) is 14.4 Å². The third kappa shape index (κ3) is 3.70. The molecular weight excluding hydrogens is 310 g/mol. The minimum absolute atomic E-state index is 0.177. The van der Waals surface area contributed by atoms with Crippen LogP contribution in [0.1, 0.15) is 19.3 Å². The van der Waals surface area contributed by atoms with Gasteiger partial charge in [-0.05, 0) is 31.4 Å². The molecule has 1 aliphatic rings. The molecular formula is C16H19N5O3. The van der Waals surface area contributed by atoms with Crippen LogP contribution in [0.4, 0.5) is 11.5 Å². The van der Waals surface area contributed by atoms with E-state index in [0.29, 0.717) is 5.69 Å². The Morgan fingerprint density at radius 2 is 2.00 bits per heavy atom. The zero-order valence-corrected chi connectivity index (χ0v) is 13.2. The molecule has 3 heterocycles. The van der Waals surface area contributed by atoms with Crippen LogP contribution in [-0.4, -0.2) is 33.5 Å². The van der Waals surface area contributed by atoms with Gasteiger partial charge in [0.05, 0.1) is 5.69 Å². The summed E-state index contributed by atoms with van der Waals surface area (Å²) < 4.78 is 1.15. The van der Waals surface area contributed by atoms with Crippen molar-refractivity contribution in [2.45, 2.75) is 25.8 Å². The maximum absolute atomic E-state index is 12.2. The van der Waals surface area contributed by atoms with Gasteiger partial charge in [-0.3, -0.25) is 19.1 Å². The van der Waals surface area contributed by atoms with Gasteiger partial charge in [0.25, 0.3) is 5.56 Å². The van der Waals surface area contributed by atoms with Crippen molar-refractivity contribution in [3.8, 4) is 0 Å². The van der Waals surface area contributed by atoms with Gasteiger partial charge in [-0.2, -0.15) is 0 Å². The lowest BCUT2D eigenvalue weighted by Gasteiger charge is -2.29. The minimum Gasteiger partial charge on any atom is -0.355 e. The molecule has 1 fully saturated rings. The number of rotatable bonds is 4. The van der Waals surface area contributed by atoms with Gasteiger partial charge in [-0.25, -0.2) is 9.78 Å². The van der Waals surface area contributed by atoms with Crippen LogP contribution < -0.4 is 21.5 Å². The first-order valence-corrected chi connectivity index (χ1v) is 7.93. The Morgan fingerprint density at radius 3 is 2.75 bits per heavy atom. The largest absolute Gasteiger partial charge is 0.355 e. The summed E-state index contributed by atoms with van der Waals surface area (Å²) in [5.74, 6) is 0.398. The van der Waals surface area contributed by atoms with Crippen LogP contribution in [-0.2, 0) is 11.3 Å². The smallest absolute Gasteiger partial charge is 0.328 e. The van der Waals surface area contributed by atoms with Gasteiger partial charge >= 0.3 is 5.69 Å². The van der Waals surface area contributed by atoms with Crippen molar-refractivity contribution in [3.05, 3.63) is 51.4 Å². The molecule has 24 heavy (non-hydrogen) atoms. The molecule has 0 aromatic carbocycles. The average molecular weight is 329 g/mol. The van der Waals surface area contributed by atoms with Crippen LogP contribution in [0.5, 0.6) is 0 Å². The number of carbonyl (C=O) groups is 1. The molecule has 2 N–H and O–H groups in total. The van der Waals surface area contributed by atoms with Crippen LogP contribution in [0, 0.1) is 0 Å². The van der Waals surface area contributed by atoms with Gasteiger partial charge < -0.3 is 10.2 Å². The van der Waals surface area contributed by atoms with Crippen molar-refractivity contribution in [1.82, 2.24) is 14.5 Å². The Kier molecular flexibility index (Phi) is 4.74. The van der Waals surface area contributed by atoms with Gasteiger partial charge in [0.1, 0.15) is 6.54 Å². The average Bonchev–Trinajstić information content (AvgIpc) is 2.59. The number of aromatic nitrogens is 3. The second-order valence-corrected chi connectivity index (χ2v) is 5.71. The van der Waals surface area contributed by atoms with E-state index in [1.807, 2.05) is 0 Å². The lowest BCUT2D eigenvalue weighted by atomic mass is 10.1. The zero-order chi connectivity index (χ0) is 16.9. The molecule has 8 nitrogen and oxygen atoms in total. The summed E-state index contributed by atoms with van der Waals surface area (Å²) in [5, 5.41) is 2.80. The fourth-order valence-electron chi connectivity index (χ4n) is 2.77. The molecule has 1 saturated heterocycles. The lowest BCUT2D eigenvalue weighted by molar-refractivity contribution is -0.116. The maximum Gasteiger partial charge on any atom is 0.328 e. The van der Waals surface area contributed by atoms with Crippen molar-refractivity contribution in [1.29, 1.82) is 0 Å². The summed E-state index contributed by atoms with van der Waals surface area (Å²) in [4.78, 5) is 43.6. The third-order valence-corrected chi connectivity index (χ3v) is 3.93. The molecule has 0 radical (unpaired) electrons. The zero-order valence-electron chi connectivity index (χ0n) is 13.2. The number of nitrogens with zero attached hydrogens (tertiary/aromatic N) is 3. The summed E-state index contributed by atoms with van der Waals surface area (Å²) in [6.45, 7) is 1.66. The highest BCUT2D eigenvalue weighted by atomic mass is 16.2. The quantitative estimate of drug-likeness (QED) is 0.854. The topological polar surface area (TPSA) is 100 Å². The number of H-pyrrole nitrogens is 1. The van der Waals surface area contributed by atoms with Crippen molar-refractivity contribution in [3.63, 3.8) is 0 Å². The molecule has 0 aliphatic carbocycles. The first kappa shape index (κ1) is 16.0. The monoisotopic (exact) mass is 329 g/mol. The fraction of sp³-hybridized carbons (Fsp3) is 0.375. The number of amides is 1. The highest BCUT2D eigenvalue weighted by Crippen LogP contribution is 2.25. The summed E-state index contributed by atoms with van der Waals surface area (Å²) in [6.07, 6.45) is 6.43. The van der Waals surface area contributed by atoms with E-state index in [1.165, 1.54) is 18.7 Å². The Hall–Kier alpha value is -2.90. The van der Waals surface area contributed by atoms with E-state index in [0.717, 1.165) is 36.3 Å². The number of nitrogens with one attached hydrogen (secondary N) is 2. The van der Waals surface area contributed by atoms with Crippen LogP contribution in [0.15, 0.2) is 40.2 Å². The lowest BCUT2D eigenvalue weighted by Crippen LogP contribution is -2.34. The molecule has 2 aromatic heterocycles. The number of hydrogen-bond donors (Lipinski definition) is 2. The summed E-state index contributed by atoms with van der Waals surface area (Å²) in [6, 6.07) is 4.76. The van der Waals surface area contributed by atoms with Crippen LogP contribution >= 0.6 is 0 Å². The van der Waals surface area contributed by atoms with Crippen LogP contribution in [0.3, 0.4) is 0 Å². The molecule has 0 saturated carbocycles. The highest BCUT2D eigenvalue weighted by Gasteiger charge is 2.17. The van der Waals surface area contributed by atoms with Crippen molar-refractivity contribution in [2.24, 2.45) is 0 Å². The number of aromatic amines is 1. The normalized spacial score (nSPS) is 14.4. The van der Waals surface area contributed by atoms with E-state index in [2.05, 4.69) is 20.2 Å². The van der Waals surface area contributed by atoms with E-state index in [1.54, 1.807) is 18.3 Å². The summed E-state index contributed by atoms with van der Waals surface area (Å²) >= 11 is 0. The Labute approximate surface area is 138 Å². The summed E-state index contributed by atoms with van der Waals surface area (Å²) in [7, 11) is 0. The van der Waals surface area contributed by atoms with E-state index in [4.69, 9.17) is 0 Å². The molecule has 1 aliphatic heterocycles. The minimum atomic E-state index is -0.611. The van der Waals surface area contributed by atoms with Crippen molar-refractivity contribution in [2.75, 3.05) is 23.3 Å². The first-order chi connectivity index (χ1) is 11.6. The molecule has 8 heteroatoms. The van der Waals surface area contributed by atoms with E-state index >= 15 is 0 Å². The molecule has 0 unspecified atom stereocenters. The maximum atomic E-state index is 12.2. The van der Waals surface area contributed by atoms with Gasteiger partial charge in [-0.1, -0.05) is 0 Å². The second kappa shape index (κ2) is 7.12. The molecule has 0 spiro atoms. The van der Waals surface area contributed by atoms with E-state index < -0.39 is 11.2 Å². The Morgan fingerprint density at radius 1 is 1.21 bits per heavy atom. The van der Waals surface area contributed by atoms with Gasteiger partial charge in [-0.15, -0.1) is 0 Å². The molecule has 1 amide bonds. The summed E-state index contributed by atoms with van der Waals surface area (Å²) in [5.41, 5.74) is -0.474. The second-order valence-electron chi connectivity index (χ2n) is 5.71. The molecule has 2 aromatic rings. The van der Waals surface area contributed by atoms with Gasteiger partial charge in [0, 0.05) is 31.5 Å². The molecule has 3 rings (SSSR count). The number of carbonyl (C=O) groups excluding carboxylic acids is 1. The van der Waals surface area contributed by atoms with Crippen LogP contribution in [0.25, 0.3) is 0 Å². The highest BCUT2D eigenvalue weighted by molar-refractivity contribution is 5.93. The predicted molar refractivity (Wildman–Crippen MR) is 90.3 cm³/mol. The van der Waals surface area contributed by atoms with Gasteiger partial charge in [0.15, 0.2) is 5.82 Å². The fourth-order valence-corrected chi connectivity index (χ4v) is 2.77. The van der Waals surface area contributed by atoms with E-state index in [-0.39, 0.29) is 12.5 Å². The van der Waals surface area contributed by atoms with Crippen LogP contribution in [0.2, 0.25) is 0 Å². The predicted octanol–water partition coefficient (Wildman–Crippen LogP) is 0.561. The van der Waals surface area contributed by atoms with Gasteiger partial charge in [0.2, 0.25) is 5.91 Å². The standard InChI is InChI=1S/C16H19N5O3/c22-13-6-10-21(16(24)19-13)11-14(23)18-12-5-4-7-17-15(12)20-8-2-1-3-9-20/h4-7,10H,1-3,8-9,11H2,(H,18,23)(H,19,22,24). The van der Waals surface area contributed by atoms with Crippen molar-refractivity contribution < 1.29 is 4.79 Å². The van der Waals surface area contributed by atoms with Crippen molar-refractivity contribution >= 4 is 17.4 Å². The molecule has 126 valence electrons. The number of piperidine rings is 1. The Balaban J connectivity index is 1.74. The molecule has 0 bridgehead atoms. The molecule has 0 atom stereocenters. The first-order valence-electron chi connectivity index (χ1n) is 7.93. The number of hydrogen-bond acceptors (Lipinski definition) is 5. The third-order valence-electron chi connectivity index (χ3n) is 3.93. The number of anilines is 2. The SMILES string of the molecule is O=C(Cn1ccc(=O)[nH]c1=O)Nc1cccnc1N1CCCCC1.